The number of aliphatic hydroxyl groups excluding tert-OH is 1. The first-order valence-electron chi connectivity index (χ1n) is 9.01. The monoisotopic (exact) mass is 393 g/mol. The first-order chi connectivity index (χ1) is 12.9. The Bertz CT molecular complexity index is 836. The van der Waals surface area contributed by atoms with E-state index in [1.807, 2.05) is 31.2 Å². The second-order valence-corrected chi connectivity index (χ2v) is 7.41. The number of β-amino-alcohol motifs (C(OH)–C–C–N with tert-alkyl or cyclic N) is 1. The highest BCUT2D eigenvalue weighted by molar-refractivity contribution is 6.30. The van der Waals surface area contributed by atoms with Gasteiger partial charge in [0.1, 0.15) is 0 Å². The summed E-state index contributed by atoms with van der Waals surface area (Å²) in [4.78, 5) is 29.9. The maximum atomic E-state index is 11.5. The van der Waals surface area contributed by atoms with Crippen molar-refractivity contribution >= 4 is 11.6 Å². The van der Waals surface area contributed by atoms with Crippen molar-refractivity contribution < 1.29 is 9.84 Å². The predicted octanol–water partition coefficient (Wildman–Crippen LogP) is 1.64. The highest BCUT2D eigenvalue weighted by Crippen LogP contribution is 2.25. The van der Waals surface area contributed by atoms with Crippen LogP contribution in [0.25, 0.3) is 0 Å². The molecule has 0 spiro atoms. The van der Waals surface area contributed by atoms with Crippen molar-refractivity contribution in [3.63, 3.8) is 0 Å². The fraction of sp³-hybridized carbons (Fsp3) is 0.474. The molecule has 0 radical (unpaired) electrons. The number of halogens is 1. The number of nitrogens with zero attached hydrogens (tertiary/aromatic N) is 1. The molecule has 1 aliphatic heterocycles. The lowest BCUT2D eigenvalue weighted by atomic mass is 10.1. The van der Waals surface area contributed by atoms with Gasteiger partial charge in [0.25, 0.3) is 5.56 Å². The number of benzene rings is 1. The van der Waals surface area contributed by atoms with Crippen LogP contribution in [0.1, 0.15) is 36.6 Å². The van der Waals surface area contributed by atoms with Crippen LogP contribution in [0.3, 0.4) is 0 Å². The summed E-state index contributed by atoms with van der Waals surface area (Å²) in [6, 6.07) is 8.88. The molecule has 7 nitrogen and oxygen atoms in total. The molecule has 3 N–H and O–H groups in total. The number of H-pyrrole nitrogens is 2. The molecule has 0 amide bonds. The minimum absolute atomic E-state index is 0.0844. The zero-order valence-corrected chi connectivity index (χ0v) is 15.9. The lowest BCUT2D eigenvalue weighted by molar-refractivity contribution is -0.0134. The van der Waals surface area contributed by atoms with Gasteiger partial charge in [0.05, 0.1) is 18.8 Å². The summed E-state index contributed by atoms with van der Waals surface area (Å²) in [7, 11) is 0. The number of likely N-dealkylation sites (tertiary alicyclic amines) is 1. The van der Waals surface area contributed by atoms with E-state index in [2.05, 4.69) is 14.9 Å². The molecule has 0 saturated carbocycles. The van der Waals surface area contributed by atoms with Crippen LogP contribution in [0.2, 0.25) is 5.02 Å². The number of aromatic nitrogens is 2. The van der Waals surface area contributed by atoms with Crippen molar-refractivity contribution in [1.29, 1.82) is 0 Å². The Labute approximate surface area is 162 Å². The van der Waals surface area contributed by atoms with E-state index in [1.165, 1.54) is 6.07 Å². The van der Waals surface area contributed by atoms with Crippen LogP contribution in [0.15, 0.2) is 39.9 Å². The number of aromatic amines is 2. The largest absolute Gasteiger partial charge is 0.389 e. The number of nitrogens with one attached hydrogen (secondary N) is 2. The van der Waals surface area contributed by atoms with E-state index in [9.17, 15) is 14.7 Å². The predicted molar refractivity (Wildman–Crippen MR) is 103 cm³/mol. The summed E-state index contributed by atoms with van der Waals surface area (Å²) in [5.41, 5.74) is 0.775. The molecule has 146 valence electrons. The van der Waals surface area contributed by atoms with Crippen LogP contribution < -0.4 is 11.2 Å². The molecule has 0 aliphatic carbocycles. The first kappa shape index (κ1) is 19.8. The second kappa shape index (κ2) is 8.84. The van der Waals surface area contributed by atoms with E-state index in [1.54, 1.807) is 0 Å². The molecule has 8 heteroatoms. The Kier molecular flexibility index (Phi) is 6.49. The average Bonchev–Trinajstić information content (AvgIpc) is 3.08. The van der Waals surface area contributed by atoms with Gasteiger partial charge in [0, 0.05) is 35.8 Å². The third-order valence-corrected chi connectivity index (χ3v) is 5.09. The topological polar surface area (TPSA) is 98.4 Å². The standard InChI is InChI=1S/C19H24ClN3O4/c1-12(13-2-4-15(20)5-3-13)27-11-16(24)10-23-7-6-14(9-23)17-8-18(25)22-19(26)21-17/h2-5,8,12,14,16,24H,6-7,9-11H2,1H3,(H2,21,22,25,26). The van der Waals surface area contributed by atoms with Crippen LogP contribution in [0, 0.1) is 0 Å². The van der Waals surface area contributed by atoms with E-state index >= 15 is 0 Å². The molecule has 3 rings (SSSR count). The number of hydrogen-bond donors (Lipinski definition) is 3. The van der Waals surface area contributed by atoms with E-state index in [4.69, 9.17) is 16.3 Å². The Morgan fingerprint density at radius 2 is 2.04 bits per heavy atom. The Morgan fingerprint density at radius 1 is 1.30 bits per heavy atom. The number of ether oxygens (including phenoxy) is 1. The van der Waals surface area contributed by atoms with Gasteiger partial charge < -0.3 is 14.8 Å². The van der Waals surface area contributed by atoms with Crippen LogP contribution in [-0.4, -0.2) is 52.3 Å². The Hall–Kier alpha value is -1.93. The van der Waals surface area contributed by atoms with Crippen LogP contribution >= 0.6 is 11.6 Å². The summed E-state index contributed by atoms with van der Waals surface area (Å²) in [6.07, 6.45) is 0.0785. The van der Waals surface area contributed by atoms with Gasteiger partial charge in [0.15, 0.2) is 0 Å². The molecule has 1 aromatic carbocycles. The van der Waals surface area contributed by atoms with Crippen molar-refractivity contribution in [2.45, 2.75) is 31.5 Å². The van der Waals surface area contributed by atoms with Crippen molar-refractivity contribution in [1.82, 2.24) is 14.9 Å². The fourth-order valence-electron chi connectivity index (χ4n) is 3.40. The molecular formula is C19H24ClN3O4. The molecule has 1 saturated heterocycles. The molecule has 1 aromatic heterocycles. The van der Waals surface area contributed by atoms with E-state index in [0.717, 1.165) is 18.5 Å². The van der Waals surface area contributed by atoms with Crippen molar-refractivity contribution in [2.75, 3.05) is 26.2 Å². The molecule has 1 fully saturated rings. The smallest absolute Gasteiger partial charge is 0.325 e. The lowest BCUT2D eigenvalue weighted by Crippen LogP contribution is -2.34. The highest BCUT2D eigenvalue weighted by Gasteiger charge is 2.26. The molecule has 2 aromatic rings. The van der Waals surface area contributed by atoms with Gasteiger partial charge >= 0.3 is 5.69 Å². The Morgan fingerprint density at radius 3 is 2.74 bits per heavy atom. The van der Waals surface area contributed by atoms with Gasteiger partial charge in [-0.1, -0.05) is 23.7 Å². The molecule has 2 heterocycles. The molecule has 1 aliphatic rings. The van der Waals surface area contributed by atoms with Gasteiger partial charge in [-0.25, -0.2) is 4.79 Å². The lowest BCUT2D eigenvalue weighted by Gasteiger charge is -2.22. The fourth-order valence-corrected chi connectivity index (χ4v) is 3.52. The third kappa shape index (κ3) is 5.52. The summed E-state index contributed by atoms with van der Waals surface area (Å²) < 4.78 is 5.77. The van der Waals surface area contributed by atoms with Gasteiger partial charge in [-0.2, -0.15) is 0 Å². The average molecular weight is 394 g/mol. The zero-order chi connectivity index (χ0) is 19.4. The maximum Gasteiger partial charge on any atom is 0.325 e. The number of aliphatic hydroxyl groups is 1. The summed E-state index contributed by atoms with van der Waals surface area (Å²) in [5, 5.41) is 11.0. The highest BCUT2D eigenvalue weighted by atomic mass is 35.5. The molecular weight excluding hydrogens is 370 g/mol. The Balaban J connectivity index is 1.47. The van der Waals surface area contributed by atoms with Gasteiger partial charge in [-0.15, -0.1) is 0 Å². The van der Waals surface area contributed by atoms with Crippen LogP contribution in [0.4, 0.5) is 0 Å². The van der Waals surface area contributed by atoms with Gasteiger partial charge in [-0.05, 0) is 37.6 Å². The third-order valence-electron chi connectivity index (χ3n) is 4.84. The molecule has 3 atom stereocenters. The van der Waals surface area contributed by atoms with Crippen molar-refractivity contribution in [3.05, 3.63) is 67.4 Å². The van der Waals surface area contributed by atoms with Crippen LogP contribution in [-0.2, 0) is 4.74 Å². The van der Waals surface area contributed by atoms with E-state index in [0.29, 0.717) is 23.8 Å². The maximum absolute atomic E-state index is 11.5. The minimum Gasteiger partial charge on any atom is -0.389 e. The summed E-state index contributed by atoms with van der Waals surface area (Å²) in [6.45, 7) is 4.13. The van der Waals surface area contributed by atoms with Crippen molar-refractivity contribution in [2.24, 2.45) is 0 Å². The summed E-state index contributed by atoms with van der Waals surface area (Å²) >= 11 is 5.89. The number of hydrogen-bond acceptors (Lipinski definition) is 5. The molecule has 3 unspecified atom stereocenters. The van der Waals surface area contributed by atoms with E-state index < -0.39 is 17.4 Å². The first-order valence-corrected chi connectivity index (χ1v) is 9.39. The SMILES string of the molecule is CC(OCC(O)CN1CCC(c2cc(=O)[nH]c(=O)[nH]2)C1)c1ccc(Cl)cc1. The molecule has 27 heavy (non-hydrogen) atoms. The normalized spacial score (nSPS) is 19.9. The van der Waals surface area contributed by atoms with Gasteiger partial charge in [0.2, 0.25) is 0 Å². The van der Waals surface area contributed by atoms with E-state index in [-0.39, 0.29) is 18.6 Å². The number of rotatable bonds is 7. The molecule has 0 bridgehead atoms. The van der Waals surface area contributed by atoms with Crippen LogP contribution in [0.5, 0.6) is 0 Å². The second-order valence-electron chi connectivity index (χ2n) is 6.97. The minimum atomic E-state index is -0.614. The van der Waals surface area contributed by atoms with Crippen molar-refractivity contribution in [3.8, 4) is 0 Å². The zero-order valence-electron chi connectivity index (χ0n) is 15.2. The quantitative estimate of drug-likeness (QED) is 0.664. The summed E-state index contributed by atoms with van der Waals surface area (Å²) in [5.74, 6) is 0.0844. The van der Waals surface area contributed by atoms with Gasteiger partial charge in [-0.3, -0.25) is 14.7 Å².